The van der Waals surface area contributed by atoms with Crippen molar-refractivity contribution in [3.63, 3.8) is 0 Å². The second-order valence-corrected chi connectivity index (χ2v) is 5.30. The van der Waals surface area contributed by atoms with Gasteiger partial charge >= 0.3 is 0 Å². The van der Waals surface area contributed by atoms with Crippen LogP contribution in [-0.2, 0) is 4.74 Å². The quantitative estimate of drug-likeness (QED) is 0.464. The molecule has 3 heteroatoms. The van der Waals surface area contributed by atoms with Crippen molar-refractivity contribution in [1.82, 2.24) is 4.90 Å². The van der Waals surface area contributed by atoms with Crippen LogP contribution in [0.5, 0.6) is 0 Å². The first-order valence-corrected chi connectivity index (χ1v) is 8.26. The molecule has 0 aliphatic carbocycles. The molecule has 0 heterocycles. The third-order valence-electron chi connectivity index (χ3n) is 3.44. The molecular formula is C16H35NO2. The van der Waals surface area contributed by atoms with E-state index in [1.807, 2.05) is 0 Å². The monoisotopic (exact) mass is 273 g/mol. The Bertz CT molecular complexity index is 136. The zero-order valence-electron chi connectivity index (χ0n) is 13.2. The fourth-order valence-corrected chi connectivity index (χ4v) is 2.22. The molecule has 0 spiro atoms. The van der Waals surface area contributed by atoms with Gasteiger partial charge in [0.05, 0.1) is 19.8 Å². The summed E-state index contributed by atoms with van der Waals surface area (Å²) in [5, 5.41) is 8.69. The van der Waals surface area contributed by atoms with Crippen molar-refractivity contribution >= 4 is 0 Å². The highest BCUT2D eigenvalue weighted by Crippen LogP contribution is 2.05. The van der Waals surface area contributed by atoms with Gasteiger partial charge in [0, 0.05) is 6.54 Å². The molecule has 0 radical (unpaired) electrons. The number of rotatable bonds is 15. The second kappa shape index (κ2) is 15.9. The average molecular weight is 273 g/mol. The van der Waals surface area contributed by atoms with Gasteiger partial charge in [-0.15, -0.1) is 0 Å². The topological polar surface area (TPSA) is 32.7 Å². The van der Waals surface area contributed by atoms with Crippen LogP contribution < -0.4 is 0 Å². The Morgan fingerprint density at radius 3 is 1.79 bits per heavy atom. The number of aliphatic hydroxyl groups is 1. The highest BCUT2D eigenvalue weighted by Gasteiger charge is 2.04. The normalized spacial score (nSPS) is 11.4. The van der Waals surface area contributed by atoms with Gasteiger partial charge in [-0.3, -0.25) is 0 Å². The maximum atomic E-state index is 8.69. The van der Waals surface area contributed by atoms with Crippen LogP contribution in [0.25, 0.3) is 0 Å². The first-order chi connectivity index (χ1) is 9.35. The minimum Gasteiger partial charge on any atom is -0.394 e. The zero-order chi connectivity index (χ0) is 14.2. The van der Waals surface area contributed by atoms with Crippen LogP contribution in [0.15, 0.2) is 0 Å². The van der Waals surface area contributed by atoms with Crippen LogP contribution in [0, 0.1) is 0 Å². The first-order valence-electron chi connectivity index (χ1n) is 8.26. The van der Waals surface area contributed by atoms with Gasteiger partial charge < -0.3 is 14.7 Å². The van der Waals surface area contributed by atoms with Crippen molar-refractivity contribution in [3.05, 3.63) is 0 Å². The summed E-state index contributed by atoms with van der Waals surface area (Å²) in [5.41, 5.74) is 0. The van der Waals surface area contributed by atoms with Gasteiger partial charge in [0.1, 0.15) is 0 Å². The predicted molar refractivity (Wildman–Crippen MR) is 82.6 cm³/mol. The van der Waals surface area contributed by atoms with Crippen LogP contribution in [-0.4, -0.2) is 49.5 Å². The molecule has 0 amide bonds. The lowest BCUT2D eigenvalue weighted by Crippen LogP contribution is -2.30. The summed E-state index contributed by atoms with van der Waals surface area (Å²) in [6, 6.07) is 0. The Morgan fingerprint density at radius 1 is 0.737 bits per heavy atom. The molecule has 0 fully saturated rings. The molecular weight excluding hydrogens is 238 g/mol. The predicted octanol–water partition coefficient (Wildman–Crippen LogP) is 3.46. The Balaban J connectivity index is 3.66. The molecule has 0 bridgehead atoms. The summed E-state index contributed by atoms with van der Waals surface area (Å²) in [4.78, 5) is 2.53. The van der Waals surface area contributed by atoms with E-state index >= 15 is 0 Å². The molecule has 0 aromatic rings. The summed E-state index contributed by atoms with van der Waals surface area (Å²) in [5.74, 6) is 0. The third-order valence-corrected chi connectivity index (χ3v) is 3.44. The van der Waals surface area contributed by atoms with Crippen LogP contribution in [0.3, 0.4) is 0 Å². The fourth-order valence-electron chi connectivity index (χ4n) is 2.22. The van der Waals surface area contributed by atoms with E-state index < -0.39 is 0 Å². The van der Waals surface area contributed by atoms with E-state index in [0.29, 0.717) is 6.61 Å². The number of hydrogen-bond acceptors (Lipinski definition) is 3. The second-order valence-electron chi connectivity index (χ2n) is 5.30. The lowest BCUT2D eigenvalue weighted by Gasteiger charge is -2.22. The lowest BCUT2D eigenvalue weighted by atomic mass is 10.1. The molecule has 3 nitrogen and oxygen atoms in total. The molecule has 0 unspecified atom stereocenters. The van der Waals surface area contributed by atoms with Gasteiger partial charge in [0.2, 0.25) is 0 Å². The van der Waals surface area contributed by atoms with Gasteiger partial charge in [0.15, 0.2) is 0 Å². The number of nitrogens with zero attached hydrogens (tertiary/aromatic N) is 1. The maximum Gasteiger partial charge on any atom is 0.0698 e. The van der Waals surface area contributed by atoms with E-state index in [0.717, 1.165) is 13.2 Å². The first kappa shape index (κ1) is 18.9. The van der Waals surface area contributed by atoms with Crippen molar-refractivity contribution < 1.29 is 9.84 Å². The number of unbranched alkanes of at least 4 members (excludes halogenated alkanes) is 6. The van der Waals surface area contributed by atoms with Crippen molar-refractivity contribution in [2.24, 2.45) is 0 Å². The molecule has 19 heavy (non-hydrogen) atoms. The molecule has 0 rings (SSSR count). The van der Waals surface area contributed by atoms with E-state index in [1.165, 1.54) is 64.5 Å². The molecule has 0 saturated carbocycles. The smallest absolute Gasteiger partial charge is 0.0698 e. The molecule has 0 aliphatic rings. The highest BCUT2D eigenvalue weighted by molar-refractivity contribution is 4.59. The van der Waals surface area contributed by atoms with E-state index in [-0.39, 0.29) is 6.61 Å². The minimum atomic E-state index is 0.132. The number of hydrogen-bond donors (Lipinski definition) is 1. The summed E-state index contributed by atoms with van der Waals surface area (Å²) in [6.07, 6.45) is 10.6. The molecule has 0 saturated heterocycles. The van der Waals surface area contributed by atoms with E-state index in [1.54, 1.807) is 0 Å². The summed E-state index contributed by atoms with van der Waals surface area (Å²) in [6.45, 7) is 9.28. The van der Waals surface area contributed by atoms with Crippen LogP contribution in [0.4, 0.5) is 0 Å². The van der Waals surface area contributed by atoms with Crippen molar-refractivity contribution in [2.45, 2.75) is 65.2 Å². The van der Waals surface area contributed by atoms with E-state index in [2.05, 4.69) is 18.7 Å². The summed E-state index contributed by atoms with van der Waals surface area (Å²) >= 11 is 0. The Kier molecular flexibility index (Phi) is 15.8. The van der Waals surface area contributed by atoms with E-state index in [9.17, 15) is 0 Å². The lowest BCUT2D eigenvalue weighted by molar-refractivity contribution is 0.0728. The minimum absolute atomic E-state index is 0.132. The fraction of sp³-hybridized carbons (Fsp3) is 1.00. The SMILES string of the molecule is CCCCCCN(CCCCCC)CCOCCO. The van der Waals surface area contributed by atoms with Gasteiger partial charge in [0.25, 0.3) is 0 Å². The molecule has 0 aliphatic heterocycles. The summed E-state index contributed by atoms with van der Waals surface area (Å²) in [7, 11) is 0. The Labute approximate surface area is 120 Å². The van der Waals surface area contributed by atoms with Gasteiger partial charge in [-0.05, 0) is 25.9 Å². The Morgan fingerprint density at radius 2 is 1.32 bits per heavy atom. The van der Waals surface area contributed by atoms with Crippen LogP contribution >= 0.6 is 0 Å². The van der Waals surface area contributed by atoms with Gasteiger partial charge in [-0.1, -0.05) is 52.4 Å². The maximum absolute atomic E-state index is 8.69. The largest absolute Gasteiger partial charge is 0.394 e. The molecule has 0 aromatic carbocycles. The van der Waals surface area contributed by atoms with Crippen molar-refractivity contribution in [2.75, 3.05) is 39.5 Å². The molecule has 1 N–H and O–H groups in total. The van der Waals surface area contributed by atoms with Crippen LogP contribution in [0.1, 0.15) is 65.2 Å². The zero-order valence-corrected chi connectivity index (χ0v) is 13.2. The third kappa shape index (κ3) is 14.1. The van der Waals surface area contributed by atoms with Gasteiger partial charge in [-0.2, -0.15) is 0 Å². The van der Waals surface area contributed by atoms with Gasteiger partial charge in [-0.25, -0.2) is 0 Å². The van der Waals surface area contributed by atoms with Crippen molar-refractivity contribution in [1.29, 1.82) is 0 Å². The van der Waals surface area contributed by atoms with E-state index in [4.69, 9.17) is 9.84 Å². The average Bonchev–Trinajstić information content (AvgIpc) is 2.43. The molecule has 0 atom stereocenters. The Hall–Kier alpha value is -0.120. The molecule has 116 valence electrons. The number of ether oxygens (including phenoxy) is 1. The van der Waals surface area contributed by atoms with Crippen molar-refractivity contribution in [3.8, 4) is 0 Å². The van der Waals surface area contributed by atoms with Crippen LogP contribution in [0.2, 0.25) is 0 Å². The number of aliphatic hydroxyl groups excluding tert-OH is 1. The highest BCUT2D eigenvalue weighted by atomic mass is 16.5. The molecule has 0 aromatic heterocycles. The standard InChI is InChI=1S/C16H35NO2/c1-3-5-7-9-11-17(12-10-8-6-4-2)13-15-19-16-14-18/h18H,3-16H2,1-2H3. The summed E-state index contributed by atoms with van der Waals surface area (Å²) < 4.78 is 5.38.